The van der Waals surface area contributed by atoms with Crippen molar-refractivity contribution in [1.82, 2.24) is 4.90 Å². The Kier molecular flexibility index (Phi) is 7.74. The molecule has 0 atom stereocenters. The van der Waals surface area contributed by atoms with E-state index in [0.29, 0.717) is 0 Å². The third-order valence-corrected chi connectivity index (χ3v) is 6.43. The maximum Gasteiger partial charge on any atom is -0.00160 e. The SMILES string of the molecule is CC(C)CC1CCC(CCCN2CCC(C(C)C)CC2)CC1. The zero-order valence-electron chi connectivity index (χ0n) is 15.8. The second-order valence-electron chi connectivity index (χ2n) is 9.08. The highest BCUT2D eigenvalue weighted by molar-refractivity contribution is 4.76. The average Bonchev–Trinajstić information content (AvgIpc) is 2.49. The van der Waals surface area contributed by atoms with Gasteiger partial charge >= 0.3 is 0 Å². The first-order chi connectivity index (χ1) is 10.5. The summed E-state index contributed by atoms with van der Waals surface area (Å²) in [5, 5.41) is 0. The number of rotatable bonds is 7. The largest absolute Gasteiger partial charge is 0.303 e. The molecule has 0 aromatic heterocycles. The van der Waals surface area contributed by atoms with Crippen LogP contribution in [0, 0.1) is 29.6 Å². The number of hydrogen-bond donors (Lipinski definition) is 0. The molecular weight excluding hydrogens is 266 g/mol. The lowest BCUT2D eigenvalue weighted by atomic mass is 9.77. The van der Waals surface area contributed by atoms with Crippen molar-refractivity contribution >= 4 is 0 Å². The second-order valence-corrected chi connectivity index (χ2v) is 9.08. The van der Waals surface area contributed by atoms with Crippen molar-refractivity contribution in [3.63, 3.8) is 0 Å². The molecule has 0 amide bonds. The lowest BCUT2D eigenvalue weighted by Gasteiger charge is -2.34. The Hall–Kier alpha value is -0.0400. The predicted octanol–water partition coefficient (Wildman–Crippen LogP) is 5.99. The molecule has 2 aliphatic rings. The van der Waals surface area contributed by atoms with Gasteiger partial charge in [0.25, 0.3) is 0 Å². The van der Waals surface area contributed by atoms with Crippen LogP contribution in [0.25, 0.3) is 0 Å². The summed E-state index contributed by atoms with van der Waals surface area (Å²) >= 11 is 0. The summed E-state index contributed by atoms with van der Waals surface area (Å²) in [6.45, 7) is 13.7. The van der Waals surface area contributed by atoms with Crippen molar-refractivity contribution in [3.8, 4) is 0 Å². The van der Waals surface area contributed by atoms with E-state index in [1.165, 1.54) is 77.4 Å². The van der Waals surface area contributed by atoms with Crippen LogP contribution in [0.3, 0.4) is 0 Å². The predicted molar refractivity (Wildman–Crippen MR) is 98.1 cm³/mol. The van der Waals surface area contributed by atoms with Gasteiger partial charge in [0.05, 0.1) is 0 Å². The minimum absolute atomic E-state index is 0.892. The molecule has 1 heterocycles. The van der Waals surface area contributed by atoms with Crippen molar-refractivity contribution < 1.29 is 0 Å². The van der Waals surface area contributed by atoms with Crippen LogP contribution in [-0.2, 0) is 0 Å². The molecule has 2 rings (SSSR count). The summed E-state index contributed by atoms with van der Waals surface area (Å²) in [5.74, 6) is 4.88. The topological polar surface area (TPSA) is 3.24 Å². The van der Waals surface area contributed by atoms with Gasteiger partial charge in [-0.25, -0.2) is 0 Å². The van der Waals surface area contributed by atoms with Crippen LogP contribution >= 0.6 is 0 Å². The van der Waals surface area contributed by atoms with Crippen LogP contribution in [0.2, 0.25) is 0 Å². The summed E-state index contributed by atoms with van der Waals surface area (Å²) in [6, 6.07) is 0. The van der Waals surface area contributed by atoms with Crippen molar-refractivity contribution in [2.45, 2.75) is 85.5 Å². The Bertz CT molecular complexity index is 280. The first-order valence-electron chi connectivity index (χ1n) is 10.3. The van der Waals surface area contributed by atoms with Gasteiger partial charge in [-0.1, -0.05) is 53.4 Å². The summed E-state index contributed by atoms with van der Waals surface area (Å²) in [5.41, 5.74) is 0. The molecule has 1 saturated carbocycles. The van der Waals surface area contributed by atoms with Crippen molar-refractivity contribution in [2.24, 2.45) is 29.6 Å². The van der Waals surface area contributed by atoms with E-state index in [-0.39, 0.29) is 0 Å². The summed E-state index contributed by atoms with van der Waals surface area (Å²) in [6.07, 6.45) is 13.4. The van der Waals surface area contributed by atoms with Gasteiger partial charge in [0, 0.05) is 0 Å². The molecule has 0 unspecified atom stereocenters. The third kappa shape index (κ3) is 6.22. The van der Waals surface area contributed by atoms with E-state index in [9.17, 15) is 0 Å². The van der Waals surface area contributed by atoms with Gasteiger partial charge in [0.1, 0.15) is 0 Å². The maximum absolute atomic E-state index is 2.74. The van der Waals surface area contributed by atoms with Crippen LogP contribution in [0.1, 0.15) is 85.5 Å². The van der Waals surface area contributed by atoms with E-state index < -0.39 is 0 Å². The first-order valence-corrected chi connectivity index (χ1v) is 10.3. The number of likely N-dealkylation sites (tertiary alicyclic amines) is 1. The zero-order valence-corrected chi connectivity index (χ0v) is 15.8. The smallest absolute Gasteiger partial charge is 0.00160 e. The van der Waals surface area contributed by atoms with E-state index in [1.807, 2.05) is 0 Å². The van der Waals surface area contributed by atoms with Crippen LogP contribution in [0.5, 0.6) is 0 Å². The summed E-state index contributed by atoms with van der Waals surface area (Å²) < 4.78 is 0. The maximum atomic E-state index is 2.74. The van der Waals surface area contributed by atoms with E-state index in [2.05, 4.69) is 32.6 Å². The molecule has 0 bridgehead atoms. The normalized spacial score (nSPS) is 28.6. The van der Waals surface area contributed by atoms with Crippen LogP contribution in [-0.4, -0.2) is 24.5 Å². The van der Waals surface area contributed by atoms with Crippen molar-refractivity contribution in [3.05, 3.63) is 0 Å². The second kappa shape index (κ2) is 9.30. The van der Waals surface area contributed by atoms with Crippen LogP contribution in [0.15, 0.2) is 0 Å². The van der Waals surface area contributed by atoms with Gasteiger partial charge in [-0.3, -0.25) is 0 Å². The Morgan fingerprint density at radius 2 is 1.41 bits per heavy atom. The molecule has 1 heteroatoms. The molecule has 1 nitrogen and oxygen atoms in total. The molecule has 2 fully saturated rings. The quantitative estimate of drug-likeness (QED) is 0.558. The Balaban J connectivity index is 1.53. The van der Waals surface area contributed by atoms with Crippen molar-refractivity contribution in [1.29, 1.82) is 0 Å². The molecule has 0 radical (unpaired) electrons. The fourth-order valence-electron chi connectivity index (χ4n) is 4.87. The van der Waals surface area contributed by atoms with Crippen LogP contribution in [0.4, 0.5) is 0 Å². The van der Waals surface area contributed by atoms with Gasteiger partial charge in [0.15, 0.2) is 0 Å². The molecule has 22 heavy (non-hydrogen) atoms. The number of piperidine rings is 1. The minimum Gasteiger partial charge on any atom is -0.303 e. The van der Waals surface area contributed by atoms with E-state index in [0.717, 1.165) is 29.6 Å². The lowest BCUT2D eigenvalue weighted by molar-refractivity contribution is 0.150. The fourth-order valence-corrected chi connectivity index (χ4v) is 4.87. The molecule has 0 spiro atoms. The van der Waals surface area contributed by atoms with Gasteiger partial charge in [-0.15, -0.1) is 0 Å². The standard InChI is InChI=1S/C21H41N/c1-17(2)16-20-9-7-19(8-10-20)6-5-13-22-14-11-21(12-15-22)18(3)4/h17-21H,5-16H2,1-4H3. The molecule has 130 valence electrons. The van der Waals surface area contributed by atoms with Gasteiger partial charge in [0.2, 0.25) is 0 Å². The van der Waals surface area contributed by atoms with Crippen molar-refractivity contribution in [2.75, 3.05) is 19.6 Å². The minimum atomic E-state index is 0.892. The average molecular weight is 308 g/mol. The van der Waals surface area contributed by atoms with Crippen LogP contribution < -0.4 is 0 Å². The molecule has 0 aromatic carbocycles. The molecule has 1 aliphatic carbocycles. The van der Waals surface area contributed by atoms with Gasteiger partial charge in [-0.2, -0.15) is 0 Å². The third-order valence-electron chi connectivity index (χ3n) is 6.43. The first kappa shape index (κ1) is 18.3. The van der Waals surface area contributed by atoms with E-state index >= 15 is 0 Å². The van der Waals surface area contributed by atoms with Gasteiger partial charge < -0.3 is 4.90 Å². The lowest BCUT2D eigenvalue weighted by Crippen LogP contribution is -2.36. The zero-order chi connectivity index (χ0) is 15.9. The molecule has 0 aromatic rings. The fraction of sp³-hybridized carbons (Fsp3) is 1.00. The molecule has 1 aliphatic heterocycles. The van der Waals surface area contributed by atoms with Gasteiger partial charge in [-0.05, 0) is 81.3 Å². The Labute approximate surface area is 140 Å². The summed E-state index contributed by atoms with van der Waals surface area (Å²) in [7, 11) is 0. The molecular formula is C21H41N. The monoisotopic (exact) mass is 307 g/mol. The molecule has 1 saturated heterocycles. The Morgan fingerprint density at radius 3 is 1.95 bits per heavy atom. The highest BCUT2D eigenvalue weighted by Gasteiger charge is 2.23. The highest BCUT2D eigenvalue weighted by Crippen LogP contribution is 2.35. The summed E-state index contributed by atoms with van der Waals surface area (Å²) in [4.78, 5) is 2.74. The van der Waals surface area contributed by atoms with E-state index in [1.54, 1.807) is 0 Å². The number of nitrogens with zero attached hydrogens (tertiary/aromatic N) is 1. The van der Waals surface area contributed by atoms with E-state index in [4.69, 9.17) is 0 Å². The highest BCUT2D eigenvalue weighted by atomic mass is 15.1. The number of hydrogen-bond acceptors (Lipinski definition) is 1. The Morgan fingerprint density at radius 1 is 0.818 bits per heavy atom. The molecule has 0 N–H and O–H groups in total.